The molecule has 7 heteroatoms. The van der Waals surface area contributed by atoms with Crippen molar-refractivity contribution in [3.63, 3.8) is 0 Å². The largest absolute Gasteiger partial charge is 0.495 e. The zero-order chi connectivity index (χ0) is 18.4. The molecule has 3 rings (SSSR count). The zero-order valence-electron chi connectivity index (χ0n) is 15.2. The Bertz CT molecular complexity index is 733. The van der Waals surface area contributed by atoms with E-state index in [-0.39, 0.29) is 0 Å². The summed E-state index contributed by atoms with van der Waals surface area (Å²) in [5.41, 5.74) is 0.695. The first-order valence-electron chi connectivity index (χ1n) is 8.97. The van der Waals surface area contributed by atoms with Crippen LogP contribution in [0.5, 0.6) is 11.5 Å². The van der Waals surface area contributed by atoms with Crippen LogP contribution in [0, 0.1) is 0 Å². The van der Waals surface area contributed by atoms with E-state index in [4.69, 9.17) is 21.1 Å². The Labute approximate surface area is 159 Å². The molecule has 0 atom stereocenters. The zero-order valence-corrected chi connectivity index (χ0v) is 16.0. The molecule has 0 bridgehead atoms. The summed E-state index contributed by atoms with van der Waals surface area (Å²) in [6.45, 7) is 0. The minimum Gasteiger partial charge on any atom is -0.495 e. The molecular formula is C19H25ClN4O2. The van der Waals surface area contributed by atoms with Crippen LogP contribution in [-0.4, -0.2) is 30.2 Å². The molecule has 1 saturated carbocycles. The fourth-order valence-electron chi connectivity index (χ4n) is 3.21. The Balaban J connectivity index is 1.76. The van der Waals surface area contributed by atoms with Crippen LogP contribution in [0.3, 0.4) is 0 Å². The summed E-state index contributed by atoms with van der Waals surface area (Å²) in [6.07, 6.45) is 9.32. The van der Waals surface area contributed by atoms with Crippen molar-refractivity contribution in [2.75, 3.05) is 24.9 Å². The van der Waals surface area contributed by atoms with E-state index in [0.717, 1.165) is 5.82 Å². The van der Waals surface area contributed by atoms with Gasteiger partial charge in [0.2, 0.25) is 5.95 Å². The molecule has 1 aliphatic carbocycles. The van der Waals surface area contributed by atoms with Crippen LogP contribution in [0.1, 0.15) is 38.5 Å². The van der Waals surface area contributed by atoms with Crippen molar-refractivity contribution >= 4 is 29.1 Å². The third-order valence-corrected chi connectivity index (χ3v) is 4.88. The first kappa shape index (κ1) is 18.6. The lowest BCUT2D eigenvalue weighted by Gasteiger charge is -2.17. The fourth-order valence-corrected chi connectivity index (χ4v) is 3.44. The molecule has 1 aromatic heterocycles. The summed E-state index contributed by atoms with van der Waals surface area (Å²) in [5.74, 6) is 2.48. The van der Waals surface area contributed by atoms with Crippen molar-refractivity contribution in [2.45, 2.75) is 44.6 Å². The first-order valence-corrected chi connectivity index (χ1v) is 9.35. The van der Waals surface area contributed by atoms with Crippen LogP contribution in [0.15, 0.2) is 24.4 Å². The number of nitrogens with one attached hydrogen (secondary N) is 2. The van der Waals surface area contributed by atoms with Crippen LogP contribution in [-0.2, 0) is 0 Å². The van der Waals surface area contributed by atoms with Gasteiger partial charge in [-0.25, -0.2) is 4.98 Å². The quantitative estimate of drug-likeness (QED) is 0.689. The summed E-state index contributed by atoms with van der Waals surface area (Å²) in [5, 5.41) is 7.21. The van der Waals surface area contributed by atoms with Gasteiger partial charge < -0.3 is 20.1 Å². The molecule has 0 radical (unpaired) electrons. The third kappa shape index (κ3) is 4.69. The molecule has 26 heavy (non-hydrogen) atoms. The van der Waals surface area contributed by atoms with Crippen LogP contribution in [0.4, 0.5) is 17.5 Å². The van der Waals surface area contributed by atoms with Gasteiger partial charge in [0.15, 0.2) is 0 Å². The van der Waals surface area contributed by atoms with Gasteiger partial charge in [-0.2, -0.15) is 4.98 Å². The lowest BCUT2D eigenvalue weighted by atomic mass is 10.1. The number of anilines is 3. The van der Waals surface area contributed by atoms with Crippen molar-refractivity contribution in [2.24, 2.45) is 0 Å². The van der Waals surface area contributed by atoms with E-state index in [9.17, 15) is 0 Å². The number of hydrogen-bond donors (Lipinski definition) is 2. The maximum atomic E-state index is 6.16. The highest BCUT2D eigenvalue weighted by Crippen LogP contribution is 2.36. The second kappa shape index (κ2) is 8.94. The molecule has 0 amide bonds. The van der Waals surface area contributed by atoms with Crippen molar-refractivity contribution in [3.05, 3.63) is 29.4 Å². The molecule has 140 valence electrons. The number of ether oxygens (including phenoxy) is 2. The van der Waals surface area contributed by atoms with Gasteiger partial charge in [-0.05, 0) is 18.9 Å². The smallest absolute Gasteiger partial charge is 0.229 e. The second-order valence-electron chi connectivity index (χ2n) is 6.41. The van der Waals surface area contributed by atoms with Gasteiger partial charge in [0.1, 0.15) is 17.3 Å². The molecule has 0 saturated heterocycles. The Morgan fingerprint density at radius 3 is 2.46 bits per heavy atom. The Hall–Kier alpha value is -2.21. The Morgan fingerprint density at radius 1 is 1.04 bits per heavy atom. The predicted molar refractivity (Wildman–Crippen MR) is 105 cm³/mol. The second-order valence-corrected chi connectivity index (χ2v) is 6.82. The summed E-state index contributed by atoms with van der Waals surface area (Å²) < 4.78 is 10.7. The van der Waals surface area contributed by atoms with Crippen LogP contribution >= 0.6 is 11.6 Å². The van der Waals surface area contributed by atoms with E-state index in [0.29, 0.717) is 34.2 Å². The van der Waals surface area contributed by atoms with Crippen LogP contribution in [0.2, 0.25) is 5.02 Å². The van der Waals surface area contributed by atoms with Crippen molar-refractivity contribution in [1.82, 2.24) is 9.97 Å². The first-order chi connectivity index (χ1) is 12.7. The van der Waals surface area contributed by atoms with Gasteiger partial charge in [-0.3, -0.25) is 0 Å². The average Bonchev–Trinajstić information content (AvgIpc) is 2.92. The van der Waals surface area contributed by atoms with Gasteiger partial charge >= 0.3 is 0 Å². The van der Waals surface area contributed by atoms with Gasteiger partial charge in [0, 0.05) is 24.4 Å². The highest BCUT2D eigenvalue weighted by molar-refractivity contribution is 6.32. The van der Waals surface area contributed by atoms with Gasteiger partial charge in [0.05, 0.1) is 24.9 Å². The molecule has 1 fully saturated rings. The van der Waals surface area contributed by atoms with E-state index >= 15 is 0 Å². The van der Waals surface area contributed by atoms with Crippen LogP contribution < -0.4 is 20.1 Å². The summed E-state index contributed by atoms with van der Waals surface area (Å²) >= 11 is 6.16. The number of hydrogen-bond acceptors (Lipinski definition) is 6. The van der Waals surface area contributed by atoms with E-state index in [2.05, 4.69) is 20.6 Å². The third-order valence-electron chi connectivity index (χ3n) is 4.58. The molecular weight excluding hydrogens is 352 g/mol. The van der Waals surface area contributed by atoms with Crippen molar-refractivity contribution < 1.29 is 9.47 Å². The standard InChI is InChI=1S/C19H25ClN4O2/c1-25-16-12-15(17(26-2)11-14(16)20)23-19-21-10-9-18(24-19)22-13-7-5-3-4-6-8-13/h9-13H,3-8H2,1-2H3,(H2,21,22,23,24). The SMILES string of the molecule is COc1cc(Nc2nccc(NC3CCCCCC3)n2)c(OC)cc1Cl. The minimum atomic E-state index is 0.477. The molecule has 1 aliphatic rings. The van der Waals surface area contributed by atoms with Gasteiger partial charge in [-0.1, -0.05) is 37.3 Å². The normalized spacial score (nSPS) is 15.2. The predicted octanol–water partition coefficient (Wildman–Crippen LogP) is 5.03. The Kier molecular flexibility index (Phi) is 6.39. The summed E-state index contributed by atoms with van der Waals surface area (Å²) in [7, 11) is 3.17. The monoisotopic (exact) mass is 376 g/mol. The molecule has 0 unspecified atom stereocenters. The molecule has 0 spiro atoms. The summed E-state index contributed by atoms with van der Waals surface area (Å²) in [6, 6.07) is 5.85. The van der Waals surface area contributed by atoms with E-state index in [1.165, 1.54) is 38.5 Å². The lowest BCUT2D eigenvalue weighted by molar-refractivity contribution is 0.405. The van der Waals surface area contributed by atoms with E-state index < -0.39 is 0 Å². The molecule has 2 aromatic rings. The van der Waals surface area contributed by atoms with Crippen molar-refractivity contribution in [1.29, 1.82) is 0 Å². The minimum absolute atomic E-state index is 0.477. The molecule has 2 N–H and O–H groups in total. The van der Waals surface area contributed by atoms with Gasteiger partial charge in [-0.15, -0.1) is 0 Å². The maximum Gasteiger partial charge on any atom is 0.229 e. The number of halogens is 1. The van der Waals surface area contributed by atoms with Crippen LogP contribution in [0.25, 0.3) is 0 Å². The van der Waals surface area contributed by atoms with E-state index in [1.54, 1.807) is 32.5 Å². The topological polar surface area (TPSA) is 68.3 Å². The molecule has 6 nitrogen and oxygen atoms in total. The number of aromatic nitrogens is 2. The lowest BCUT2D eigenvalue weighted by Crippen LogP contribution is -2.19. The molecule has 1 heterocycles. The number of rotatable bonds is 6. The number of methoxy groups -OCH3 is 2. The fraction of sp³-hybridized carbons (Fsp3) is 0.474. The van der Waals surface area contributed by atoms with Crippen molar-refractivity contribution in [3.8, 4) is 11.5 Å². The van der Waals surface area contributed by atoms with E-state index in [1.807, 2.05) is 6.07 Å². The molecule has 1 aromatic carbocycles. The average molecular weight is 377 g/mol. The highest BCUT2D eigenvalue weighted by atomic mass is 35.5. The molecule has 0 aliphatic heterocycles. The summed E-state index contributed by atoms with van der Waals surface area (Å²) in [4.78, 5) is 8.89. The number of benzene rings is 1. The van der Waals surface area contributed by atoms with Gasteiger partial charge in [0.25, 0.3) is 0 Å². The number of nitrogens with zero attached hydrogens (tertiary/aromatic N) is 2. The Morgan fingerprint density at radius 2 is 1.77 bits per heavy atom. The maximum absolute atomic E-state index is 6.16. The highest BCUT2D eigenvalue weighted by Gasteiger charge is 2.14.